The van der Waals surface area contributed by atoms with Crippen molar-refractivity contribution in [1.82, 2.24) is 5.32 Å². The Kier molecular flexibility index (Phi) is 6.18. The highest BCUT2D eigenvalue weighted by atomic mass is 16.3. The lowest BCUT2D eigenvalue weighted by atomic mass is 10.0. The van der Waals surface area contributed by atoms with Crippen LogP contribution in [0.3, 0.4) is 0 Å². The van der Waals surface area contributed by atoms with Gasteiger partial charge in [0, 0.05) is 19.2 Å². The largest absolute Gasteiger partial charge is 0.392 e. The first-order valence-corrected chi connectivity index (χ1v) is 6.69. The summed E-state index contributed by atoms with van der Waals surface area (Å²) in [5, 5.41) is 15.1. The number of hydrogen-bond donors (Lipinski definition) is 3. The normalized spacial score (nSPS) is 12.1. The fraction of sp³-hybridized carbons (Fsp3) is 0.467. The lowest BCUT2D eigenvalue weighted by molar-refractivity contribution is -0.123. The molecule has 1 atom stereocenters. The van der Waals surface area contributed by atoms with Gasteiger partial charge in [-0.15, -0.1) is 0 Å². The van der Waals surface area contributed by atoms with Crippen molar-refractivity contribution in [3.8, 4) is 0 Å². The Morgan fingerprint density at radius 1 is 1.30 bits per heavy atom. The van der Waals surface area contributed by atoms with Gasteiger partial charge in [0.2, 0.25) is 11.8 Å². The molecule has 1 aromatic rings. The van der Waals surface area contributed by atoms with Crippen LogP contribution >= 0.6 is 0 Å². The molecule has 5 heteroatoms. The predicted molar refractivity (Wildman–Crippen MR) is 78.1 cm³/mol. The molecule has 0 radical (unpaired) electrons. The van der Waals surface area contributed by atoms with Crippen LogP contribution in [0.5, 0.6) is 0 Å². The van der Waals surface area contributed by atoms with Crippen LogP contribution < -0.4 is 10.6 Å². The molecule has 0 fully saturated rings. The quantitative estimate of drug-likeness (QED) is 0.740. The summed E-state index contributed by atoms with van der Waals surface area (Å²) < 4.78 is 0. The number of rotatable bonds is 6. The molecule has 2 amide bonds. The second kappa shape index (κ2) is 7.65. The van der Waals surface area contributed by atoms with E-state index in [1.54, 1.807) is 12.1 Å². The molecule has 1 unspecified atom stereocenters. The second-order valence-electron chi connectivity index (χ2n) is 5.17. The van der Waals surface area contributed by atoms with Gasteiger partial charge in [-0.25, -0.2) is 0 Å². The molecular weight excluding hydrogens is 256 g/mol. The third-order valence-corrected chi connectivity index (χ3v) is 2.90. The SMILES string of the molecule is CC(=O)Nc1cccc(CNC(=O)CC(O)C(C)C)c1. The van der Waals surface area contributed by atoms with Crippen LogP contribution in [0, 0.1) is 5.92 Å². The van der Waals surface area contributed by atoms with Crippen molar-refractivity contribution in [2.45, 2.75) is 39.8 Å². The summed E-state index contributed by atoms with van der Waals surface area (Å²) in [4.78, 5) is 22.6. The molecule has 0 aliphatic carbocycles. The van der Waals surface area contributed by atoms with Crippen molar-refractivity contribution in [2.24, 2.45) is 5.92 Å². The molecule has 20 heavy (non-hydrogen) atoms. The topological polar surface area (TPSA) is 78.4 Å². The summed E-state index contributed by atoms with van der Waals surface area (Å²) >= 11 is 0. The van der Waals surface area contributed by atoms with Gasteiger partial charge in [0.25, 0.3) is 0 Å². The minimum absolute atomic E-state index is 0.0591. The molecule has 1 rings (SSSR count). The number of carbonyl (C=O) groups is 2. The van der Waals surface area contributed by atoms with Crippen LogP contribution in [-0.2, 0) is 16.1 Å². The molecule has 1 aromatic carbocycles. The predicted octanol–water partition coefficient (Wildman–Crippen LogP) is 1.67. The number of nitrogens with one attached hydrogen (secondary N) is 2. The van der Waals surface area contributed by atoms with Gasteiger partial charge in [-0.3, -0.25) is 9.59 Å². The Morgan fingerprint density at radius 2 is 2.00 bits per heavy atom. The fourth-order valence-corrected chi connectivity index (χ4v) is 1.66. The molecule has 5 nitrogen and oxygen atoms in total. The first-order chi connectivity index (χ1) is 9.38. The van der Waals surface area contributed by atoms with E-state index in [1.165, 1.54) is 6.92 Å². The van der Waals surface area contributed by atoms with Gasteiger partial charge in [-0.2, -0.15) is 0 Å². The maximum Gasteiger partial charge on any atom is 0.222 e. The van der Waals surface area contributed by atoms with Gasteiger partial charge < -0.3 is 15.7 Å². The van der Waals surface area contributed by atoms with E-state index in [2.05, 4.69) is 10.6 Å². The molecule has 0 bridgehead atoms. The highest BCUT2D eigenvalue weighted by molar-refractivity contribution is 5.88. The van der Waals surface area contributed by atoms with E-state index in [-0.39, 0.29) is 24.2 Å². The van der Waals surface area contributed by atoms with Gasteiger partial charge in [0.05, 0.1) is 12.5 Å². The average Bonchev–Trinajstić information content (AvgIpc) is 2.36. The van der Waals surface area contributed by atoms with Crippen molar-refractivity contribution < 1.29 is 14.7 Å². The van der Waals surface area contributed by atoms with E-state index in [0.717, 1.165) is 5.56 Å². The standard InChI is InChI=1S/C15H22N2O3/c1-10(2)14(19)8-15(20)16-9-12-5-4-6-13(7-12)17-11(3)18/h4-7,10,14,19H,8-9H2,1-3H3,(H,16,20)(H,17,18). The van der Waals surface area contributed by atoms with Gasteiger partial charge in [-0.1, -0.05) is 26.0 Å². The number of aliphatic hydroxyl groups is 1. The van der Waals surface area contributed by atoms with E-state index >= 15 is 0 Å². The van der Waals surface area contributed by atoms with Crippen molar-refractivity contribution in [3.63, 3.8) is 0 Å². The monoisotopic (exact) mass is 278 g/mol. The van der Waals surface area contributed by atoms with E-state index in [9.17, 15) is 14.7 Å². The molecule has 0 spiro atoms. The summed E-state index contributed by atoms with van der Waals surface area (Å²) in [6.45, 7) is 5.56. The third kappa shape index (κ3) is 5.84. The van der Waals surface area contributed by atoms with Crippen LogP contribution in [0.1, 0.15) is 32.8 Å². The van der Waals surface area contributed by atoms with Crippen molar-refractivity contribution in [3.05, 3.63) is 29.8 Å². The number of benzene rings is 1. The van der Waals surface area contributed by atoms with Crippen molar-refractivity contribution in [2.75, 3.05) is 5.32 Å². The van der Waals surface area contributed by atoms with Gasteiger partial charge in [-0.05, 0) is 23.6 Å². The van der Waals surface area contributed by atoms with Crippen LogP contribution in [0.2, 0.25) is 0 Å². The number of amides is 2. The Labute approximate surface area is 119 Å². The number of hydrogen-bond acceptors (Lipinski definition) is 3. The number of anilines is 1. The minimum Gasteiger partial charge on any atom is -0.392 e. The summed E-state index contributed by atoms with van der Waals surface area (Å²) in [5.74, 6) is -0.258. The van der Waals surface area contributed by atoms with Gasteiger partial charge in [0.15, 0.2) is 0 Å². The maximum absolute atomic E-state index is 11.7. The summed E-state index contributed by atoms with van der Waals surface area (Å²) in [5.41, 5.74) is 1.59. The lowest BCUT2D eigenvalue weighted by Crippen LogP contribution is -2.29. The molecular formula is C15H22N2O3. The van der Waals surface area contributed by atoms with Crippen LogP contribution in [0.25, 0.3) is 0 Å². The van der Waals surface area contributed by atoms with Gasteiger partial charge in [0.1, 0.15) is 0 Å². The number of carbonyl (C=O) groups excluding carboxylic acids is 2. The summed E-state index contributed by atoms with van der Waals surface area (Å²) in [6.07, 6.45) is -0.524. The molecule has 3 N–H and O–H groups in total. The van der Waals surface area contributed by atoms with Crippen molar-refractivity contribution >= 4 is 17.5 Å². The first kappa shape index (κ1) is 16.2. The first-order valence-electron chi connectivity index (χ1n) is 6.69. The molecule has 0 saturated carbocycles. The minimum atomic E-state index is -0.624. The van der Waals surface area contributed by atoms with Crippen molar-refractivity contribution in [1.29, 1.82) is 0 Å². The Bertz CT molecular complexity index is 472. The zero-order valence-electron chi connectivity index (χ0n) is 12.1. The second-order valence-corrected chi connectivity index (χ2v) is 5.17. The molecule has 0 saturated heterocycles. The fourth-order valence-electron chi connectivity index (χ4n) is 1.66. The Morgan fingerprint density at radius 3 is 2.60 bits per heavy atom. The van der Waals surface area contributed by atoms with E-state index in [1.807, 2.05) is 26.0 Å². The zero-order chi connectivity index (χ0) is 15.1. The lowest BCUT2D eigenvalue weighted by Gasteiger charge is -2.14. The third-order valence-electron chi connectivity index (χ3n) is 2.90. The highest BCUT2D eigenvalue weighted by Gasteiger charge is 2.13. The number of aliphatic hydroxyl groups excluding tert-OH is 1. The van der Waals surface area contributed by atoms with E-state index < -0.39 is 6.10 Å². The average molecular weight is 278 g/mol. The zero-order valence-corrected chi connectivity index (χ0v) is 12.1. The van der Waals surface area contributed by atoms with Crippen LogP contribution in [0.15, 0.2) is 24.3 Å². The highest BCUT2D eigenvalue weighted by Crippen LogP contribution is 2.11. The van der Waals surface area contributed by atoms with Crippen LogP contribution in [0.4, 0.5) is 5.69 Å². The Hall–Kier alpha value is -1.88. The van der Waals surface area contributed by atoms with Crippen LogP contribution in [-0.4, -0.2) is 23.0 Å². The van der Waals surface area contributed by atoms with Gasteiger partial charge >= 0.3 is 0 Å². The molecule has 0 heterocycles. The summed E-state index contributed by atoms with van der Waals surface area (Å²) in [7, 11) is 0. The molecule has 0 aromatic heterocycles. The molecule has 110 valence electrons. The van der Waals surface area contributed by atoms with E-state index in [0.29, 0.717) is 12.2 Å². The summed E-state index contributed by atoms with van der Waals surface area (Å²) in [6, 6.07) is 7.27. The smallest absolute Gasteiger partial charge is 0.222 e. The molecule has 0 aliphatic rings. The maximum atomic E-state index is 11.7. The Balaban J connectivity index is 2.49. The molecule has 0 aliphatic heterocycles. The van der Waals surface area contributed by atoms with E-state index in [4.69, 9.17) is 0 Å².